The second kappa shape index (κ2) is 6.96. The van der Waals surface area contributed by atoms with Gasteiger partial charge in [0.2, 0.25) is 5.91 Å². The first-order valence-corrected chi connectivity index (χ1v) is 10.6. The third kappa shape index (κ3) is 3.33. The lowest BCUT2D eigenvalue weighted by Gasteiger charge is -2.22. The van der Waals surface area contributed by atoms with Crippen LogP contribution in [0.5, 0.6) is 0 Å². The van der Waals surface area contributed by atoms with Crippen molar-refractivity contribution in [2.45, 2.75) is 52.2 Å². The van der Waals surface area contributed by atoms with Gasteiger partial charge in [0.1, 0.15) is 4.83 Å². The number of hydrogen-bond donors (Lipinski definition) is 0. The monoisotopic (exact) mass is 387 g/mol. The summed E-state index contributed by atoms with van der Waals surface area (Å²) in [6, 6.07) is 2.43. The third-order valence-corrected chi connectivity index (χ3v) is 6.81. The summed E-state index contributed by atoms with van der Waals surface area (Å²) in [5.41, 5.74) is 2.14. The molecular formula is C19H21N3O2S2. The average Bonchev–Trinajstić information content (AvgIpc) is 3.25. The Kier molecular flexibility index (Phi) is 4.67. The molecule has 4 rings (SSSR count). The van der Waals surface area contributed by atoms with Gasteiger partial charge in [-0.25, -0.2) is 4.98 Å². The van der Waals surface area contributed by atoms with Crippen LogP contribution in [0.1, 0.15) is 35.3 Å². The van der Waals surface area contributed by atoms with Crippen molar-refractivity contribution >= 4 is 38.8 Å². The second-order valence-corrected chi connectivity index (χ2v) is 8.82. The van der Waals surface area contributed by atoms with Gasteiger partial charge in [0.05, 0.1) is 11.7 Å². The fraction of sp³-hybridized carbons (Fsp3) is 0.421. The molecule has 1 fully saturated rings. The van der Waals surface area contributed by atoms with Crippen LogP contribution in [0, 0.1) is 13.8 Å². The van der Waals surface area contributed by atoms with Gasteiger partial charge in [0.25, 0.3) is 5.56 Å². The molecule has 0 aromatic carbocycles. The Morgan fingerprint density at radius 1 is 1.38 bits per heavy atom. The van der Waals surface area contributed by atoms with E-state index in [1.165, 1.54) is 5.56 Å². The highest BCUT2D eigenvalue weighted by atomic mass is 32.1. The van der Waals surface area contributed by atoms with Crippen molar-refractivity contribution in [1.82, 2.24) is 14.5 Å². The minimum Gasteiger partial charge on any atom is -0.335 e. The zero-order valence-electron chi connectivity index (χ0n) is 14.9. The highest BCUT2D eigenvalue weighted by molar-refractivity contribution is 7.18. The van der Waals surface area contributed by atoms with Crippen molar-refractivity contribution in [3.05, 3.63) is 49.5 Å². The maximum atomic E-state index is 12.8. The van der Waals surface area contributed by atoms with Crippen LogP contribution in [0.3, 0.4) is 0 Å². The first-order valence-electron chi connectivity index (χ1n) is 8.80. The Bertz CT molecular complexity index is 1000. The number of carbonyl (C=O) groups is 1. The van der Waals surface area contributed by atoms with Gasteiger partial charge in [-0.05, 0) is 54.6 Å². The van der Waals surface area contributed by atoms with E-state index in [1.807, 2.05) is 24.1 Å². The lowest BCUT2D eigenvalue weighted by Crippen LogP contribution is -2.34. The predicted octanol–water partition coefficient (Wildman–Crippen LogP) is 3.72. The predicted molar refractivity (Wildman–Crippen MR) is 106 cm³/mol. The molecule has 26 heavy (non-hydrogen) atoms. The number of hydrogen-bond acceptors (Lipinski definition) is 5. The molecule has 3 aromatic rings. The van der Waals surface area contributed by atoms with Gasteiger partial charge in [-0.15, -0.1) is 11.3 Å². The highest BCUT2D eigenvalue weighted by Gasteiger charge is 2.32. The topological polar surface area (TPSA) is 55.2 Å². The summed E-state index contributed by atoms with van der Waals surface area (Å²) < 4.78 is 1.58. The van der Waals surface area contributed by atoms with Crippen LogP contribution in [0.15, 0.2) is 27.9 Å². The minimum absolute atomic E-state index is 0.0412. The molecule has 1 amide bonds. The van der Waals surface area contributed by atoms with Gasteiger partial charge in [0.15, 0.2) is 0 Å². The molecule has 7 heteroatoms. The standard InChI is InChI=1S/C19H21N3O2S2/c1-12-13(2)26-18-17(12)19(24)21(11-20-18)7-5-16(23)22(15-3-4-15)9-14-6-8-25-10-14/h6,8,10-11,15H,3-5,7,9H2,1-2H3. The first-order chi connectivity index (χ1) is 12.5. The molecule has 0 spiro atoms. The van der Waals surface area contributed by atoms with Crippen LogP contribution in [-0.2, 0) is 17.9 Å². The lowest BCUT2D eigenvalue weighted by atomic mass is 10.2. The number of carbonyl (C=O) groups excluding carboxylic acids is 1. The number of fused-ring (bicyclic) bond motifs is 1. The van der Waals surface area contributed by atoms with E-state index in [9.17, 15) is 9.59 Å². The normalized spacial score (nSPS) is 14.1. The zero-order valence-corrected chi connectivity index (χ0v) is 16.5. The van der Waals surface area contributed by atoms with Crippen LogP contribution in [-0.4, -0.2) is 26.4 Å². The molecule has 136 valence electrons. The van der Waals surface area contributed by atoms with E-state index < -0.39 is 0 Å². The van der Waals surface area contributed by atoms with Crippen LogP contribution in [0.25, 0.3) is 10.2 Å². The van der Waals surface area contributed by atoms with Crippen molar-refractivity contribution in [3.8, 4) is 0 Å². The SMILES string of the molecule is Cc1sc2ncn(CCC(=O)N(Cc3ccsc3)C3CC3)c(=O)c2c1C. The van der Waals surface area contributed by atoms with Gasteiger partial charge in [-0.2, -0.15) is 11.3 Å². The molecule has 0 N–H and O–H groups in total. The van der Waals surface area contributed by atoms with E-state index in [-0.39, 0.29) is 11.5 Å². The van der Waals surface area contributed by atoms with Crippen molar-refractivity contribution in [2.75, 3.05) is 0 Å². The second-order valence-electron chi connectivity index (χ2n) is 6.84. The zero-order chi connectivity index (χ0) is 18.3. The summed E-state index contributed by atoms with van der Waals surface area (Å²) in [5.74, 6) is 0.115. The molecule has 3 heterocycles. The van der Waals surface area contributed by atoms with Gasteiger partial charge in [-0.3, -0.25) is 14.2 Å². The van der Waals surface area contributed by atoms with E-state index >= 15 is 0 Å². The fourth-order valence-electron chi connectivity index (χ4n) is 3.18. The van der Waals surface area contributed by atoms with Crippen molar-refractivity contribution in [1.29, 1.82) is 0 Å². The summed E-state index contributed by atoms with van der Waals surface area (Å²) >= 11 is 3.20. The molecular weight excluding hydrogens is 366 g/mol. The van der Waals surface area contributed by atoms with E-state index in [4.69, 9.17) is 0 Å². The number of aryl methyl sites for hydroxylation is 3. The quantitative estimate of drug-likeness (QED) is 0.648. The molecule has 0 atom stereocenters. The van der Waals surface area contributed by atoms with E-state index in [2.05, 4.69) is 16.4 Å². The van der Waals surface area contributed by atoms with E-state index in [0.29, 0.717) is 30.9 Å². The first kappa shape index (κ1) is 17.4. The lowest BCUT2D eigenvalue weighted by molar-refractivity contribution is -0.132. The largest absolute Gasteiger partial charge is 0.335 e. The molecule has 0 aliphatic heterocycles. The van der Waals surface area contributed by atoms with Gasteiger partial charge in [0, 0.05) is 30.4 Å². The minimum atomic E-state index is -0.0412. The summed E-state index contributed by atoms with van der Waals surface area (Å²) in [5, 5.41) is 4.82. The van der Waals surface area contributed by atoms with Crippen LogP contribution >= 0.6 is 22.7 Å². The molecule has 0 radical (unpaired) electrons. The van der Waals surface area contributed by atoms with Gasteiger partial charge in [-0.1, -0.05) is 0 Å². The van der Waals surface area contributed by atoms with Gasteiger partial charge >= 0.3 is 0 Å². The van der Waals surface area contributed by atoms with E-state index in [1.54, 1.807) is 33.6 Å². The Balaban J connectivity index is 1.50. The number of amides is 1. The Hall–Kier alpha value is -1.99. The Morgan fingerprint density at radius 2 is 2.19 bits per heavy atom. The number of rotatable bonds is 6. The molecule has 5 nitrogen and oxygen atoms in total. The summed E-state index contributed by atoms with van der Waals surface area (Å²) in [6.07, 6.45) is 4.07. The molecule has 0 bridgehead atoms. The maximum absolute atomic E-state index is 12.8. The molecule has 0 unspecified atom stereocenters. The summed E-state index contributed by atoms with van der Waals surface area (Å²) in [4.78, 5) is 33.8. The van der Waals surface area contributed by atoms with E-state index in [0.717, 1.165) is 28.1 Å². The molecule has 1 saturated carbocycles. The van der Waals surface area contributed by atoms with Gasteiger partial charge < -0.3 is 4.90 Å². The molecule has 1 aliphatic rings. The fourth-order valence-corrected chi connectivity index (χ4v) is 4.82. The average molecular weight is 388 g/mol. The number of thiophene rings is 2. The Labute approximate surface area is 159 Å². The Morgan fingerprint density at radius 3 is 2.88 bits per heavy atom. The van der Waals surface area contributed by atoms with Crippen molar-refractivity contribution < 1.29 is 4.79 Å². The maximum Gasteiger partial charge on any atom is 0.262 e. The summed E-state index contributed by atoms with van der Waals surface area (Å²) in [7, 11) is 0. The number of nitrogens with zero attached hydrogens (tertiary/aromatic N) is 3. The van der Waals surface area contributed by atoms with Crippen molar-refractivity contribution in [2.24, 2.45) is 0 Å². The number of aromatic nitrogens is 2. The van der Waals surface area contributed by atoms with Crippen LogP contribution in [0.4, 0.5) is 0 Å². The summed E-state index contributed by atoms with van der Waals surface area (Å²) in [6.45, 7) is 5.01. The third-order valence-electron chi connectivity index (χ3n) is 4.96. The molecule has 0 saturated heterocycles. The molecule has 3 aromatic heterocycles. The van der Waals surface area contributed by atoms with Crippen LogP contribution in [0.2, 0.25) is 0 Å². The van der Waals surface area contributed by atoms with Crippen LogP contribution < -0.4 is 5.56 Å². The smallest absolute Gasteiger partial charge is 0.262 e. The highest BCUT2D eigenvalue weighted by Crippen LogP contribution is 2.29. The van der Waals surface area contributed by atoms with Crippen molar-refractivity contribution in [3.63, 3.8) is 0 Å². The molecule has 1 aliphatic carbocycles.